The first-order chi connectivity index (χ1) is 17.6. The van der Waals surface area contributed by atoms with E-state index in [4.69, 9.17) is 11.6 Å². The van der Waals surface area contributed by atoms with Crippen molar-refractivity contribution in [3.63, 3.8) is 0 Å². The van der Waals surface area contributed by atoms with Gasteiger partial charge in [-0.2, -0.15) is 13.2 Å². The third kappa shape index (κ3) is 7.32. The van der Waals surface area contributed by atoms with E-state index in [0.29, 0.717) is 16.9 Å². The zero-order valence-corrected chi connectivity index (χ0v) is 21.8. The van der Waals surface area contributed by atoms with Crippen molar-refractivity contribution in [1.29, 1.82) is 0 Å². The highest BCUT2D eigenvalue weighted by molar-refractivity contribution is 6.31. The van der Waals surface area contributed by atoms with Crippen LogP contribution >= 0.6 is 11.6 Å². The molecule has 0 aliphatic rings. The van der Waals surface area contributed by atoms with Gasteiger partial charge in [0.1, 0.15) is 11.9 Å². The Hall–Kier alpha value is -3.92. The number of amides is 3. The van der Waals surface area contributed by atoms with Gasteiger partial charge in [-0.15, -0.1) is 0 Å². The number of carbonyl (C=O) groups is 3. The van der Waals surface area contributed by atoms with Crippen LogP contribution < -0.4 is 16.0 Å². The molecule has 0 bridgehead atoms. The van der Waals surface area contributed by atoms with Crippen LogP contribution in [0, 0.1) is 5.41 Å². The first-order valence-electron chi connectivity index (χ1n) is 11.5. The van der Waals surface area contributed by atoms with Gasteiger partial charge in [-0.1, -0.05) is 44.5 Å². The summed E-state index contributed by atoms with van der Waals surface area (Å²) in [4.78, 5) is 41.7. The molecule has 0 saturated heterocycles. The molecule has 3 amide bonds. The van der Waals surface area contributed by atoms with Gasteiger partial charge in [0.25, 0.3) is 5.91 Å². The molecule has 1 atom stereocenters. The molecule has 0 radical (unpaired) electrons. The molecule has 0 saturated carbocycles. The minimum atomic E-state index is -4.68. The van der Waals surface area contributed by atoms with Gasteiger partial charge in [0.2, 0.25) is 11.8 Å². The lowest BCUT2D eigenvalue weighted by molar-refractivity contribution is -0.137. The van der Waals surface area contributed by atoms with Crippen LogP contribution in [0.4, 0.5) is 24.7 Å². The third-order valence-corrected chi connectivity index (χ3v) is 5.75. The van der Waals surface area contributed by atoms with Crippen molar-refractivity contribution in [3.8, 4) is 11.1 Å². The molecular weight excluding hydrogens is 521 g/mol. The number of pyridine rings is 1. The molecule has 38 heavy (non-hydrogen) atoms. The van der Waals surface area contributed by atoms with E-state index >= 15 is 0 Å². The molecule has 0 spiro atoms. The molecule has 0 unspecified atom stereocenters. The van der Waals surface area contributed by atoms with Crippen LogP contribution in [-0.2, 0) is 15.8 Å². The molecule has 1 heterocycles. The number of hydrogen-bond donors (Lipinski definition) is 3. The number of halogens is 4. The smallest absolute Gasteiger partial charge is 0.341 e. The van der Waals surface area contributed by atoms with Gasteiger partial charge >= 0.3 is 6.18 Å². The predicted octanol–water partition coefficient (Wildman–Crippen LogP) is 6.16. The fourth-order valence-corrected chi connectivity index (χ4v) is 3.42. The Morgan fingerprint density at radius 1 is 0.921 bits per heavy atom. The number of carbonyl (C=O) groups excluding carboxylic acids is 3. The highest BCUT2D eigenvalue weighted by Gasteiger charge is 2.33. The molecule has 2 aromatic carbocycles. The van der Waals surface area contributed by atoms with E-state index in [1.165, 1.54) is 13.0 Å². The van der Waals surface area contributed by atoms with E-state index in [2.05, 4.69) is 20.9 Å². The lowest BCUT2D eigenvalue weighted by Gasteiger charge is -2.17. The lowest BCUT2D eigenvalue weighted by atomic mass is 9.96. The van der Waals surface area contributed by atoms with E-state index in [1.54, 1.807) is 63.4 Å². The molecule has 7 nitrogen and oxygen atoms in total. The van der Waals surface area contributed by atoms with Gasteiger partial charge in [-0.3, -0.25) is 14.4 Å². The van der Waals surface area contributed by atoms with Crippen LogP contribution in [0.5, 0.6) is 0 Å². The topological polar surface area (TPSA) is 100 Å². The van der Waals surface area contributed by atoms with Crippen molar-refractivity contribution in [2.45, 2.75) is 39.9 Å². The van der Waals surface area contributed by atoms with E-state index in [1.807, 2.05) is 0 Å². The number of nitrogens with zero attached hydrogens (tertiary/aromatic N) is 1. The summed E-state index contributed by atoms with van der Waals surface area (Å²) < 4.78 is 39.2. The van der Waals surface area contributed by atoms with E-state index < -0.39 is 40.0 Å². The maximum Gasteiger partial charge on any atom is 0.417 e. The number of benzene rings is 2. The summed E-state index contributed by atoms with van der Waals surface area (Å²) in [6.07, 6.45) is -3.12. The van der Waals surface area contributed by atoms with Gasteiger partial charge in [0.05, 0.1) is 10.6 Å². The van der Waals surface area contributed by atoms with Gasteiger partial charge in [-0.05, 0) is 55.0 Å². The Bertz CT molecular complexity index is 1350. The largest absolute Gasteiger partial charge is 0.417 e. The average molecular weight is 547 g/mol. The zero-order chi connectivity index (χ0) is 28.3. The Balaban J connectivity index is 1.66. The van der Waals surface area contributed by atoms with Crippen molar-refractivity contribution >= 4 is 40.8 Å². The lowest BCUT2D eigenvalue weighted by Crippen LogP contribution is -2.41. The number of anilines is 2. The maximum absolute atomic E-state index is 13.1. The zero-order valence-electron chi connectivity index (χ0n) is 21.0. The quantitative estimate of drug-likeness (QED) is 0.344. The molecule has 200 valence electrons. The second-order valence-electron chi connectivity index (χ2n) is 9.59. The summed E-state index contributed by atoms with van der Waals surface area (Å²) in [6, 6.07) is 12.0. The first-order valence-corrected chi connectivity index (χ1v) is 11.9. The predicted molar refractivity (Wildman–Crippen MR) is 140 cm³/mol. The Labute approximate surface area is 222 Å². The molecule has 0 aliphatic heterocycles. The minimum absolute atomic E-state index is 0.107. The maximum atomic E-state index is 13.1. The summed E-state index contributed by atoms with van der Waals surface area (Å²) in [7, 11) is 0. The fraction of sp³-hybridized carbons (Fsp3) is 0.259. The number of nitrogens with one attached hydrogen (secondary N) is 3. The monoisotopic (exact) mass is 546 g/mol. The number of aromatic nitrogens is 1. The van der Waals surface area contributed by atoms with Crippen LogP contribution in [0.15, 0.2) is 60.8 Å². The van der Waals surface area contributed by atoms with Crippen LogP contribution in [0.25, 0.3) is 11.1 Å². The van der Waals surface area contributed by atoms with Crippen LogP contribution in [0.2, 0.25) is 5.02 Å². The van der Waals surface area contributed by atoms with Crippen molar-refractivity contribution in [3.05, 3.63) is 76.9 Å². The highest BCUT2D eigenvalue weighted by Crippen LogP contribution is 2.36. The molecule has 0 aliphatic carbocycles. The summed E-state index contributed by atoms with van der Waals surface area (Å²) in [5, 5.41) is 7.14. The first kappa shape index (κ1) is 28.6. The third-order valence-electron chi connectivity index (χ3n) is 5.42. The Kier molecular flexibility index (Phi) is 8.46. The summed E-state index contributed by atoms with van der Waals surface area (Å²) in [6.45, 7) is 6.78. The van der Waals surface area contributed by atoms with Crippen molar-refractivity contribution in [2.24, 2.45) is 5.41 Å². The number of rotatable bonds is 6. The van der Waals surface area contributed by atoms with Crippen LogP contribution in [0.1, 0.15) is 43.6 Å². The molecule has 1 aromatic heterocycles. The van der Waals surface area contributed by atoms with E-state index in [-0.39, 0.29) is 17.2 Å². The van der Waals surface area contributed by atoms with Crippen molar-refractivity contribution < 1.29 is 27.6 Å². The second kappa shape index (κ2) is 11.2. The Morgan fingerprint density at radius 3 is 2.24 bits per heavy atom. The number of alkyl halides is 3. The van der Waals surface area contributed by atoms with Crippen LogP contribution in [-0.4, -0.2) is 28.7 Å². The van der Waals surface area contributed by atoms with Gasteiger partial charge in [0, 0.05) is 28.4 Å². The average Bonchev–Trinajstić information content (AvgIpc) is 2.84. The molecule has 0 fully saturated rings. The SMILES string of the molecule is C[C@H](NC(=O)c1cccc(-c2ccc(NC(=O)C(C)(C)C)nc2)c1)C(=O)Nc1ccc(Cl)c(C(F)(F)F)c1. The standard InChI is InChI=1S/C27H26ClF3N4O3/c1-15(23(36)34-19-9-10-21(28)20(13-19)27(29,30)31)33-24(37)17-7-5-6-16(12-17)18-8-11-22(32-14-18)35-25(38)26(2,3)4/h5-15H,1-4H3,(H,33,37)(H,34,36)(H,32,35,38)/t15-/m0/s1. The molecule has 11 heteroatoms. The summed E-state index contributed by atoms with van der Waals surface area (Å²) in [5.74, 6) is -1.04. The molecular formula is C27H26ClF3N4O3. The van der Waals surface area contributed by atoms with Gasteiger partial charge in [0.15, 0.2) is 0 Å². The van der Waals surface area contributed by atoms with Crippen LogP contribution in [0.3, 0.4) is 0 Å². The summed E-state index contributed by atoms with van der Waals surface area (Å²) >= 11 is 5.61. The van der Waals surface area contributed by atoms with Crippen molar-refractivity contribution in [2.75, 3.05) is 10.6 Å². The van der Waals surface area contributed by atoms with Gasteiger partial charge < -0.3 is 16.0 Å². The highest BCUT2D eigenvalue weighted by atomic mass is 35.5. The van der Waals surface area contributed by atoms with E-state index in [9.17, 15) is 27.6 Å². The summed E-state index contributed by atoms with van der Waals surface area (Å²) in [5.41, 5.74) is -0.122. The molecule has 3 rings (SSSR count). The molecule has 3 aromatic rings. The van der Waals surface area contributed by atoms with Gasteiger partial charge in [-0.25, -0.2) is 4.98 Å². The fourth-order valence-electron chi connectivity index (χ4n) is 3.20. The van der Waals surface area contributed by atoms with E-state index in [0.717, 1.165) is 12.1 Å². The van der Waals surface area contributed by atoms with Crippen molar-refractivity contribution in [1.82, 2.24) is 10.3 Å². The normalized spacial score (nSPS) is 12.4. The Morgan fingerprint density at radius 2 is 1.63 bits per heavy atom. The molecule has 3 N–H and O–H groups in total. The minimum Gasteiger partial charge on any atom is -0.341 e. The number of hydrogen-bond acceptors (Lipinski definition) is 4. The second-order valence-corrected chi connectivity index (χ2v) is 10.0.